The van der Waals surface area contributed by atoms with Crippen LogP contribution in [0.15, 0.2) is 48.5 Å². The zero-order valence-corrected chi connectivity index (χ0v) is 25.8. The number of halogens is 4. The molecule has 2 aromatic rings. The molecule has 2 rings (SSSR count). The highest BCUT2D eigenvalue weighted by atomic mass is 19.1. The Labute approximate surface area is 261 Å². The van der Waals surface area contributed by atoms with E-state index in [0.717, 1.165) is 12.8 Å². The van der Waals surface area contributed by atoms with Crippen LogP contribution < -0.4 is 9.31 Å². The molecule has 0 radical (unpaired) electrons. The molecular formula is C28H48B4F4O8. The van der Waals surface area contributed by atoms with E-state index in [-0.39, 0.29) is 0 Å². The topological polar surface area (TPSA) is 140 Å². The average Bonchev–Trinajstić information content (AvgIpc) is 2.93. The standard InChI is InChI=1S/2C14H22BFO2.2BFH2O2/c2*1-2-3-4-5-6-7-8-13-9-11-14(12-10-13)18-15(16)17;2*2-1(3)4/h2*9-12,17H,2-8H2,1H3;2*3-4H. The zero-order valence-electron chi connectivity index (χ0n) is 25.8. The minimum absolute atomic E-state index is 0.358. The molecule has 0 saturated carbocycles. The zero-order chi connectivity index (χ0) is 33.6. The Morgan fingerprint density at radius 3 is 0.955 bits per heavy atom. The lowest BCUT2D eigenvalue weighted by Crippen LogP contribution is -2.14. The van der Waals surface area contributed by atoms with E-state index in [1.807, 2.05) is 24.3 Å². The molecule has 248 valence electrons. The van der Waals surface area contributed by atoms with Crippen molar-refractivity contribution in [2.24, 2.45) is 0 Å². The number of unbranched alkanes of at least 4 members (excludes halogenated alkanes) is 10. The molecule has 8 nitrogen and oxygen atoms in total. The molecule has 0 bridgehead atoms. The van der Waals surface area contributed by atoms with Crippen molar-refractivity contribution in [2.75, 3.05) is 0 Å². The van der Waals surface area contributed by atoms with Crippen molar-refractivity contribution in [3.63, 3.8) is 0 Å². The summed E-state index contributed by atoms with van der Waals surface area (Å²) in [4.78, 5) is 0. The summed E-state index contributed by atoms with van der Waals surface area (Å²) in [6, 6.07) is 14.4. The summed E-state index contributed by atoms with van der Waals surface area (Å²) in [5.41, 5.74) is 2.46. The van der Waals surface area contributed by atoms with Gasteiger partial charge in [-0.2, -0.15) is 0 Å². The monoisotopic (exact) mass is 632 g/mol. The molecule has 0 spiro atoms. The van der Waals surface area contributed by atoms with Crippen LogP contribution in [0.1, 0.15) is 102 Å². The second-order valence-corrected chi connectivity index (χ2v) is 9.76. The van der Waals surface area contributed by atoms with Crippen LogP contribution in [-0.4, -0.2) is 59.7 Å². The van der Waals surface area contributed by atoms with E-state index in [1.165, 1.54) is 88.2 Å². The SMILES string of the molecule is CCCCCCCCc1ccc(OB(O)F)cc1.CCCCCCCCc1ccc(OB(O)F)cc1.OB(O)F.OB(O)F. The molecule has 0 aromatic heterocycles. The van der Waals surface area contributed by atoms with Crippen molar-refractivity contribution < 1.29 is 56.7 Å². The van der Waals surface area contributed by atoms with Gasteiger partial charge in [-0.1, -0.05) is 102 Å². The van der Waals surface area contributed by atoms with Gasteiger partial charge in [0.1, 0.15) is 11.5 Å². The Hall–Kier alpha value is -2.22. The Bertz CT molecular complexity index is 795. The maximum atomic E-state index is 12.2. The highest BCUT2D eigenvalue weighted by Crippen LogP contribution is 2.17. The van der Waals surface area contributed by atoms with E-state index in [1.54, 1.807) is 24.3 Å². The molecule has 0 unspecified atom stereocenters. The van der Waals surface area contributed by atoms with Gasteiger partial charge in [0.2, 0.25) is 0 Å². The predicted octanol–water partition coefficient (Wildman–Crippen LogP) is 5.68. The molecule has 16 heteroatoms. The first kappa shape index (κ1) is 43.9. The van der Waals surface area contributed by atoms with E-state index in [4.69, 9.17) is 30.1 Å². The van der Waals surface area contributed by atoms with Crippen molar-refractivity contribution in [3.05, 3.63) is 59.7 Å². The van der Waals surface area contributed by atoms with Crippen molar-refractivity contribution in [1.29, 1.82) is 0 Å². The van der Waals surface area contributed by atoms with Gasteiger partial charge in [0, 0.05) is 0 Å². The summed E-state index contributed by atoms with van der Waals surface area (Å²) >= 11 is 0. The first-order valence-electron chi connectivity index (χ1n) is 15.1. The van der Waals surface area contributed by atoms with Crippen molar-refractivity contribution in [1.82, 2.24) is 0 Å². The van der Waals surface area contributed by atoms with E-state index < -0.39 is 29.6 Å². The molecule has 44 heavy (non-hydrogen) atoms. The van der Waals surface area contributed by atoms with Gasteiger partial charge in [-0.25, -0.2) is 8.63 Å². The average molecular weight is 632 g/mol. The molecule has 0 aliphatic carbocycles. The molecule has 6 N–H and O–H groups in total. The van der Waals surface area contributed by atoms with Crippen molar-refractivity contribution in [2.45, 2.75) is 104 Å². The van der Waals surface area contributed by atoms with E-state index >= 15 is 0 Å². The number of benzene rings is 2. The predicted molar refractivity (Wildman–Crippen MR) is 169 cm³/mol. The summed E-state index contributed by atoms with van der Waals surface area (Å²) in [5.74, 6) is 0.716. The lowest BCUT2D eigenvalue weighted by atomic mass is 10.0. The molecule has 0 aliphatic rings. The van der Waals surface area contributed by atoms with Gasteiger partial charge in [-0.3, -0.25) is 8.63 Å². The van der Waals surface area contributed by atoms with Crippen LogP contribution in [0, 0.1) is 0 Å². The lowest BCUT2D eigenvalue weighted by molar-refractivity contribution is 0.338. The van der Waals surface area contributed by atoms with Crippen LogP contribution in [0.5, 0.6) is 11.5 Å². The summed E-state index contributed by atoms with van der Waals surface area (Å²) < 4.78 is 53.6. The Morgan fingerprint density at radius 1 is 0.455 bits per heavy atom. The van der Waals surface area contributed by atoms with Crippen LogP contribution in [0.3, 0.4) is 0 Å². The van der Waals surface area contributed by atoms with Crippen molar-refractivity contribution in [3.8, 4) is 11.5 Å². The molecule has 2 aromatic carbocycles. The Balaban J connectivity index is 0. The van der Waals surface area contributed by atoms with Crippen LogP contribution in [0.2, 0.25) is 0 Å². The van der Waals surface area contributed by atoms with Crippen molar-refractivity contribution >= 4 is 29.6 Å². The van der Waals surface area contributed by atoms with E-state index in [9.17, 15) is 17.3 Å². The van der Waals surface area contributed by atoms with Gasteiger partial charge in [0.25, 0.3) is 0 Å². The van der Waals surface area contributed by atoms with Crippen LogP contribution >= 0.6 is 0 Å². The fraction of sp³-hybridized carbons (Fsp3) is 0.571. The van der Waals surface area contributed by atoms with Crippen LogP contribution in [0.4, 0.5) is 17.3 Å². The largest absolute Gasteiger partial charge is 0.751 e. The third kappa shape index (κ3) is 34.3. The third-order valence-corrected chi connectivity index (χ3v) is 5.95. The third-order valence-electron chi connectivity index (χ3n) is 5.95. The van der Waals surface area contributed by atoms with E-state index in [0.29, 0.717) is 11.5 Å². The van der Waals surface area contributed by atoms with Gasteiger partial charge in [-0.05, 0) is 61.1 Å². The number of hydrogen-bond acceptors (Lipinski definition) is 8. The summed E-state index contributed by atoms with van der Waals surface area (Å²) in [5, 5.41) is 44.6. The molecule has 0 heterocycles. The normalized spacial score (nSPS) is 9.73. The Kier molecular flexibility index (Phi) is 30.7. The molecule has 0 amide bonds. The summed E-state index contributed by atoms with van der Waals surface area (Å²) in [6.45, 7) is 4.44. The van der Waals surface area contributed by atoms with Gasteiger partial charge in [0.05, 0.1) is 0 Å². The Morgan fingerprint density at radius 2 is 0.705 bits per heavy atom. The lowest BCUT2D eigenvalue weighted by Gasteiger charge is -2.05. The van der Waals surface area contributed by atoms with Crippen LogP contribution in [-0.2, 0) is 12.8 Å². The number of aryl methyl sites for hydroxylation is 2. The minimum atomic E-state index is -2.67. The smallest absolute Gasteiger partial charge is 0.509 e. The molecule has 0 atom stereocenters. The van der Waals surface area contributed by atoms with Gasteiger partial charge in [-0.15, -0.1) is 0 Å². The number of rotatable bonds is 18. The molecular weight excluding hydrogens is 584 g/mol. The quantitative estimate of drug-likeness (QED) is 0.0702. The van der Waals surface area contributed by atoms with E-state index in [2.05, 4.69) is 23.2 Å². The highest BCUT2D eigenvalue weighted by Gasteiger charge is 2.14. The van der Waals surface area contributed by atoms with Gasteiger partial charge < -0.3 is 39.5 Å². The second kappa shape index (κ2) is 30.8. The molecule has 0 saturated heterocycles. The summed E-state index contributed by atoms with van der Waals surface area (Å²) in [6.07, 6.45) is 17.5. The highest BCUT2D eigenvalue weighted by molar-refractivity contribution is 6.35. The first-order valence-corrected chi connectivity index (χ1v) is 15.1. The molecule has 0 aliphatic heterocycles. The second-order valence-electron chi connectivity index (χ2n) is 9.76. The fourth-order valence-electron chi connectivity index (χ4n) is 3.91. The van der Waals surface area contributed by atoms with Crippen LogP contribution in [0.25, 0.3) is 0 Å². The summed E-state index contributed by atoms with van der Waals surface area (Å²) in [7, 11) is -9.82. The number of hydrogen-bond donors (Lipinski definition) is 6. The van der Waals surface area contributed by atoms with Gasteiger partial charge >= 0.3 is 29.6 Å². The first-order chi connectivity index (χ1) is 20.9. The fourth-order valence-corrected chi connectivity index (χ4v) is 3.91. The molecule has 0 fully saturated rings. The minimum Gasteiger partial charge on any atom is -0.509 e. The van der Waals surface area contributed by atoms with Gasteiger partial charge in [0.15, 0.2) is 0 Å². The maximum absolute atomic E-state index is 12.2. The maximum Gasteiger partial charge on any atom is 0.751 e.